The predicted octanol–water partition coefficient (Wildman–Crippen LogP) is 5.53. The van der Waals surface area contributed by atoms with Crippen molar-refractivity contribution in [1.82, 2.24) is 19.5 Å². The van der Waals surface area contributed by atoms with Gasteiger partial charge in [0.15, 0.2) is 5.65 Å². The molecule has 4 N–H and O–H groups in total. The van der Waals surface area contributed by atoms with E-state index in [2.05, 4.69) is 32.7 Å². The maximum absolute atomic E-state index is 15.0. The zero-order valence-corrected chi connectivity index (χ0v) is 23.7. The van der Waals surface area contributed by atoms with E-state index in [1.54, 1.807) is 6.20 Å². The van der Waals surface area contributed by atoms with E-state index in [1.807, 2.05) is 28.8 Å². The fourth-order valence-corrected chi connectivity index (χ4v) is 6.29. The van der Waals surface area contributed by atoms with Gasteiger partial charge in [0.25, 0.3) is 0 Å². The first kappa shape index (κ1) is 27.7. The maximum Gasteiger partial charge on any atom is 0.225 e. The van der Waals surface area contributed by atoms with E-state index in [0.29, 0.717) is 48.7 Å². The number of nitrogens with zero attached hydrogens (tertiary/aromatic N) is 6. The number of nitriles is 1. The first-order valence-electron chi connectivity index (χ1n) is 14.2. The molecule has 1 aliphatic heterocycles. The fraction of sp³-hybridized carbons (Fsp3) is 0.367. The van der Waals surface area contributed by atoms with Gasteiger partial charge in [0.05, 0.1) is 28.5 Å². The number of para-hydroxylation sites is 1. The monoisotopic (exact) mass is 587 g/mol. The zero-order valence-electron chi connectivity index (χ0n) is 22.9. The Kier molecular flexibility index (Phi) is 7.80. The Hall–Kier alpha value is -4.43. The van der Waals surface area contributed by atoms with Gasteiger partial charge < -0.3 is 21.3 Å². The van der Waals surface area contributed by atoms with E-state index in [1.165, 1.54) is 11.8 Å². The topological polar surface area (TPSA) is 138 Å². The first-order chi connectivity index (χ1) is 20.4. The molecule has 6 rings (SSSR count). The highest BCUT2D eigenvalue weighted by Gasteiger charge is 2.30. The van der Waals surface area contributed by atoms with Gasteiger partial charge in [-0.2, -0.15) is 10.2 Å². The summed E-state index contributed by atoms with van der Waals surface area (Å²) in [7, 11) is 0. The quantitative estimate of drug-likeness (QED) is 0.256. The summed E-state index contributed by atoms with van der Waals surface area (Å²) in [5.41, 5.74) is 8.05. The number of benzene rings is 2. The molecule has 1 aliphatic carbocycles. The van der Waals surface area contributed by atoms with E-state index >= 15 is 4.39 Å². The van der Waals surface area contributed by atoms with Crippen molar-refractivity contribution in [2.75, 3.05) is 28.6 Å². The van der Waals surface area contributed by atoms with Crippen molar-refractivity contribution >= 4 is 51.9 Å². The van der Waals surface area contributed by atoms with Crippen LogP contribution in [0.25, 0.3) is 11.2 Å². The highest BCUT2D eigenvalue weighted by molar-refractivity contribution is 6.33. The number of hydrogen-bond acceptors (Lipinski definition) is 8. The Morgan fingerprint density at radius 2 is 1.90 bits per heavy atom. The molecule has 2 aromatic heterocycles. The Labute approximate surface area is 247 Å². The molecule has 0 radical (unpaired) electrons. The number of piperidine rings is 1. The first-order valence-corrected chi connectivity index (χ1v) is 14.5. The van der Waals surface area contributed by atoms with Crippen LogP contribution >= 0.6 is 11.6 Å². The predicted molar refractivity (Wildman–Crippen MR) is 160 cm³/mol. The minimum absolute atomic E-state index is 0.0209. The second-order valence-corrected chi connectivity index (χ2v) is 11.3. The third-order valence-electron chi connectivity index (χ3n) is 8.18. The molecule has 1 saturated carbocycles. The lowest BCUT2D eigenvalue weighted by Crippen LogP contribution is -2.42. The minimum Gasteiger partial charge on any atom is -0.369 e. The molecule has 4 aromatic rings. The molecule has 1 saturated heterocycles. The Morgan fingerprint density at radius 1 is 1.12 bits per heavy atom. The highest BCUT2D eigenvalue weighted by atomic mass is 35.5. The lowest BCUT2D eigenvalue weighted by Gasteiger charge is -2.34. The van der Waals surface area contributed by atoms with Gasteiger partial charge in [-0.05, 0) is 62.8 Å². The number of nitrogens with one attached hydrogen (secondary N) is 2. The van der Waals surface area contributed by atoms with Crippen LogP contribution in [0.3, 0.4) is 0 Å². The highest BCUT2D eigenvalue weighted by Crippen LogP contribution is 2.38. The number of aromatic nitrogens is 4. The van der Waals surface area contributed by atoms with Crippen molar-refractivity contribution in [2.45, 2.75) is 50.6 Å². The van der Waals surface area contributed by atoms with E-state index in [9.17, 15) is 10.1 Å². The molecular formula is C30H31ClFN9O. The number of hydrogen-bond donors (Lipinski definition) is 3. The largest absolute Gasteiger partial charge is 0.369 e. The zero-order chi connectivity index (χ0) is 29.2. The summed E-state index contributed by atoms with van der Waals surface area (Å²) < 4.78 is 17.0. The number of primary amides is 1. The number of amides is 1. The fourth-order valence-electron chi connectivity index (χ4n) is 6.03. The molecule has 2 aromatic carbocycles. The number of anilines is 4. The van der Waals surface area contributed by atoms with Crippen molar-refractivity contribution in [3.8, 4) is 6.07 Å². The average Bonchev–Trinajstić information content (AvgIpc) is 3.36. The summed E-state index contributed by atoms with van der Waals surface area (Å²) >= 11 is 6.36. The average molecular weight is 588 g/mol. The number of carbonyl (C=O) groups is 1. The Balaban J connectivity index is 1.32. The van der Waals surface area contributed by atoms with Crippen molar-refractivity contribution in [3.63, 3.8) is 0 Å². The summed E-state index contributed by atoms with van der Waals surface area (Å²) in [4.78, 5) is 28.3. The molecule has 1 unspecified atom stereocenters. The molecule has 12 heteroatoms. The summed E-state index contributed by atoms with van der Waals surface area (Å²) in [6, 6.07) is 14.9. The second kappa shape index (κ2) is 11.8. The van der Waals surface area contributed by atoms with Gasteiger partial charge in [0, 0.05) is 36.8 Å². The number of fused-ring (bicyclic) bond motifs is 1. The van der Waals surface area contributed by atoms with Crippen LogP contribution in [-0.4, -0.2) is 44.6 Å². The van der Waals surface area contributed by atoms with E-state index in [-0.39, 0.29) is 40.2 Å². The van der Waals surface area contributed by atoms with Gasteiger partial charge >= 0.3 is 0 Å². The smallest absolute Gasteiger partial charge is 0.225 e. The standard InChI is InChI=1S/C30H31ClFN9O/c31-23-13-18(15-33)14-24(32)26(23)38-30-37-25-16-35-29(36-20-5-4-12-40(17-20)21-6-2-1-3-7-21)39-28(25)41(30)22-10-8-19(9-11-22)27(34)42/h1-3,6-7,13-14,16,19-20,22H,4-5,8-12,17H2,(H2,34,42)(H,37,38)(H,35,36,39). The van der Waals surface area contributed by atoms with E-state index in [4.69, 9.17) is 27.3 Å². The number of imidazole rings is 1. The third-order valence-corrected chi connectivity index (χ3v) is 8.48. The summed E-state index contributed by atoms with van der Waals surface area (Å²) in [5, 5.41) is 15.8. The summed E-state index contributed by atoms with van der Waals surface area (Å²) in [5.74, 6) is -0.284. The molecule has 3 heterocycles. The van der Waals surface area contributed by atoms with E-state index < -0.39 is 5.82 Å². The summed E-state index contributed by atoms with van der Waals surface area (Å²) in [6.07, 6.45) is 6.33. The number of carbonyl (C=O) groups excluding carboxylic acids is 1. The van der Waals surface area contributed by atoms with Crippen LogP contribution in [0, 0.1) is 23.1 Å². The van der Waals surface area contributed by atoms with E-state index in [0.717, 1.165) is 32.0 Å². The molecule has 10 nitrogen and oxygen atoms in total. The normalized spacial score (nSPS) is 20.7. The number of rotatable bonds is 7. The Morgan fingerprint density at radius 3 is 2.62 bits per heavy atom. The van der Waals surface area contributed by atoms with Gasteiger partial charge in [-0.15, -0.1) is 0 Å². The van der Waals surface area contributed by atoms with Crippen LogP contribution in [0.1, 0.15) is 50.1 Å². The molecule has 0 spiro atoms. The molecule has 1 amide bonds. The Bertz CT molecular complexity index is 1620. The maximum atomic E-state index is 15.0. The number of nitrogens with two attached hydrogens (primary N) is 1. The summed E-state index contributed by atoms with van der Waals surface area (Å²) in [6.45, 7) is 1.82. The lowest BCUT2D eigenvalue weighted by atomic mass is 9.85. The molecule has 42 heavy (non-hydrogen) atoms. The van der Waals surface area contributed by atoms with Gasteiger partial charge in [-0.1, -0.05) is 29.8 Å². The third kappa shape index (κ3) is 5.67. The molecule has 216 valence electrons. The van der Waals surface area contributed by atoms with Crippen molar-refractivity contribution in [3.05, 3.63) is 65.1 Å². The van der Waals surface area contributed by atoms with Gasteiger partial charge in [0.1, 0.15) is 11.3 Å². The van der Waals surface area contributed by atoms with Gasteiger partial charge in [0.2, 0.25) is 17.8 Å². The van der Waals surface area contributed by atoms with Crippen molar-refractivity contribution in [1.29, 1.82) is 5.26 Å². The lowest BCUT2D eigenvalue weighted by molar-refractivity contribution is -0.122. The number of halogens is 2. The van der Waals surface area contributed by atoms with Crippen LogP contribution in [0.15, 0.2) is 48.7 Å². The van der Waals surface area contributed by atoms with Crippen molar-refractivity contribution in [2.24, 2.45) is 11.7 Å². The molecule has 2 fully saturated rings. The van der Waals surface area contributed by atoms with Crippen LogP contribution in [0.4, 0.5) is 27.7 Å². The minimum atomic E-state index is -0.663. The van der Waals surface area contributed by atoms with Crippen LogP contribution in [0.2, 0.25) is 5.02 Å². The van der Waals surface area contributed by atoms with Crippen LogP contribution < -0.4 is 21.3 Å². The van der Waals surface area contributed by atoms with Crippen molar-refractivity contribution < 1.29 is 9.18 Å². The van der Waals surface area contributed by atoms with Crippen LogP contribution in [-0.2, 0) is 4.79 Å². The molecule has 1 atom stereocenters. The molecule has 2 aliphatic rings. The molecular weight excluding hydrogens is 557 g/mol. The van der Waals surface area contributed by atoms with Gasteiger partial charge in [-0.25, -0.2) is 14.4 Å². The second-order valence-electron chi connectivity index (χ2n) is 10.9. The van der Waals surface area contributed by atoms with Gasteiger partial charge in [-0.3, -0.25) is 9.36 Å². The molecule has 0 bridgehead atoms. The SMILES string of the molecule is N#Cc1cc(F)c(Nc2nc3cnc(NC4CCCN(c5ccccc5)C4)nc3n2C2CCC(C(N)=O)CC2)c(Cl)c1. The van der Waals surface area contributed by atoms with Crippen LogP contribution in [0.5, 0.6) is 0 Å².